The van der Waals surface area contributed by atoms with Crippen LogP contribution >= 0.6 is 15.9 Å². The van der Waals surface area contributed by atoms with Crippen molar-refractivity contribution in [2.24, 2.45) is 5.92 Å². The smallest absolute Gasteiger partial charge is 0.238 e. The van der Waals surface area contributed by atoms with Crippen molar-refractivity contribution < 1.29 is 4.79 Å². The van der Waals surface area contributed by atoms with E-state index in [4.69, 9.17) is 5.26 Å². The molecule has 1 N–H and O–H groups in total. The number of anilines is 1. The molecule has 0 heterocycles. The third kappa shape index (κ3) is 4.07. The largest absolute Gasteiger partial charge is 0.325 e. The fourth-order valence-electron chi connectivity index (χ4n) is 1.55. The molecule has 102 valence electrons. The van der Waals surface area contributed by atoms with E-state index in [0.29, 0.717) is 0 Å². The number of alkyl halides is 1. The van der Waals surface area contributed by atoms with Gasteiger partial charge in [0.25, 0.3) is 0 Å². The lowest BCUT2D eigenvalue weighted by Crippen LogP contribution is -2.27. The Balaban J connectivity index is 2.79. The van der Waals surface area contributed by atoms with Crippen LogP contribution in [0.15, 0.2) is 24.3 Å². The molecule has 0 saturated heterocycles. The van der Waals surface area contributed by atoms with Gasteiger partial charge in [-0.2, -0.15) is 5.26 Å². The summed E-state index contributed by atoms with van der Waals surface area (Å²) in [7, 11) is 0. The summed E-state index contributed by atoms with van der Waals surface area (Å²) in [5.74, 6) is 0.180. The van der Waals surface area contributed by atoms with E-state index in [1.807, 2.05) is 52.0 Å². The maximum absolute atomic E-state index is 11.9. The van der Waals surface area contributed by atoms with Gasteiger partial charge in [-0.3, -0.25) is 4.79 Å². The molecule has 0 aliphatic carbocycles. The number of hydrogen-bond acceptors (Lipinski definition) is 2. The Hall–Kier alpha value is -1.34. The van der Waals surface area contributed by atoms with Crippen molar-refractivity contribution in [3.8, 4) is 6.07 Å². The topological polar surface area (TPSA) is 52.9 Å². The normalized spacial score (nSPS) is 12.9. The van der Waals surface area contributed by atoms with Crippen molar-refractivity contribution in [2.45, 2.75) is 37.9 Å². The highest BCUT2D eigenvalue weighted by molar-refractivity contribution is 9.10. The summed E-state index contributed by atoms with van der Waals surface area (Å²) in [4.78, 5) is 11.7. The van der Waals surface area contributed by atoms with E-state index < -0.39 is 5.41 Å². The Kier molecular flexibility index (Phi) is 5.13. The predicted octanol–water partition coefficient (Wildman–Crippen LogP) is 3.85. The second-order valence-corrected chi connectivity index (χ2v) is 6.44. The molecule has 4 heteroatoms. The Morgan fingerprint density at radius 3 is 2.26 bits per heavy atom. The maximum Gasteiger partial charge on any atom is 0.238 e. The summed E-state index contributed by atoms with van der Waals surface area (Å²) in [6.07, 6.45) is 0. The molecule has 0 fully saturated rings. The number of benzene rings is 1. The van der Waals surface area contributed by atoms with E-state index in [-0.39, 0.29) is 16.7 Å². The van der Waals surface area contributed by atoms with Crippen LogP contribution in [0, 0.1) is 17.2 Å². The SMILES string of the molecule is CC(C)C(Br)C(=O)Nc1ccc(C(C)(C)C#N)cc1. The van der Waals surface area contributed by atoms with E-state index in [2.05, 4.69) is 27.3 Å². The lowest BCUT2D eigenvalue weighted by molar-refractivity contribution is -0.116. The lowest BCUT2D eigenvalue weighted by Gasteiger charge is -2.17. The lowest BCUT2D eigenvalue weighted by atomic mass is 9.86. The number of nitriles is 1. The van der Waals surface area contributed by atoms with Crippen LogP contribution in [0.25, 0.3) is 0 Å². The molecule has 1 rings (SSSR count). The molecule has 0 saturated carbocycles. The average Bonchev–Trinajstić information content (AvgIpc) is 2.38. The molecular formula is C15H19BrN2O. The van der Waals surface area contributed by atoms with E-state index in [9.17, 15) is 4.79 Å². The Morgan fingerprint density at radius 2 is 1.84 bits per heavy atom. The Morgan fingerprint density at radius 1 is 1.32 bits per heavy atom. The standard InChI is InChI=1S/C15H19BrN2O/c1-10(2)13(16)14(19)18-12-7-5-11(6-8-12)15(3,4)9-17/h5-8,10,13H,1-4H3,(H,18,19). The van der Waals surface area contributed by atoms with Gasteiger partial charge in [-0.25, -0.2) is 0 Å². The average molecular weight is 323 g/mol. The molecule has 0 aliphatic rings. The minimum atomic E-state index is -0.515. The molecule has 1 amide bonds. The van der Waals surface area contributed by atoms with Crippen LogP contribution in [0.1, 0.15) is 33.3 Å². The molecule has 1 atom stereocenters. The van der Waals surface area contributed by atoms with Crippen LogP contribution < -0.4 is 5.32 Å². The van der Waals surface area contributed by atoms with Crippen LogP contribution in [0.4, 0.5) is 5.69 Å². The third-order valence-electron chi connectivity index (χ3n) is 2.99. The molecular weight excluding hydrogens is 304 g/mol. The fraction of sp³-hybridized carbons (Fsp3) is 0.467. The summed E-state index contributed by atoms with van der Waals surface area (Å²) in [5, 5.41) is 11.9. The fourth-order valence-corrected chi connectivity index (χ4v) is 1.66. The molecule has 0 bridgehead atoms. The van der Waals surface area contributed by atoms with Crippen LogP contribution in [0.2, 0.25) is 0 Å². The van der Waals surface area contributed by atoms with Crippen LogP contribution in [-0.2, 0) is 10.2 Å². The first kappa shape index (κ1) is 15.7. The molecule has 0 spiro atoms. The van der Waals surface area contributed by atoms with Gasteiger partial charge in [-0.1, -0.05) is 41.9 Å². The van der Waals surface area contributed by atoms with Gasteiger partial charge >= 0.3 is 0 Å². The molecule has 0 aliphatic heterocycles. The van der Waals surface area contributed by atoms with Gasteiger partial charge in [0.1, 0.15) is 0 Å². The number of carbonyl (C=O) groups is 1. The van der Waals surface area contributed by atoms with Gasteiger partial charge in [0, 0.05) is 5.69 Å². The minimum Gasteiger partial charge on any atom is -0.325 e. The van der Waals surface area contributed by atoms with Crippen LogP contribution in [0.5, 0.6) is 0 Å². The number of hydrogen-bond donors (Lipinski definition) is 1. The van der Waals surface area contributed by atoms with Crippen LogP contribution in [-0.4, -0.2) is 10.7 Å². The second-order valence-electron chi connectivity index (χ2n) is 5.45. The van der Waals surface area contributed by atoms with Gasteiger partial charge < -0.3 is 5.32 Å². The van der Waals surface area contributed by atoms with Crippen LogP contribution in [0.3, 0.4) is 0 Å². The highest BCUT2D eigenvalue weighted by atomic mass is 79.9. The van der Waals surface area contributed by atoms with Gasteiger partial charge in [-0.15, -0.1) is 0 Å². The number of rotatable bonds is 4. The number of nitrogens with zero attached hydrogens (tertiary/aromatic N) is 1. The molecule has 0 radical (unpaired) electrons. The highest BCUT2D eigenvalue weighted by Gasteiger charge is 2.21. The Bertz CT molecular complexity index is 486. The summed E-state index contributed by atoms with van der Waals surface area (Å²) in [6.45, 7) is 7.71. The first-order valence-electron chi connectivity index (χ1n) is 6.24. The number of halogens is 1. The van der Waals surface area contributed by atoms with Crippen molar-refractivity contribution in [2.75, 3.05) is 5.32 Å². The van der Waals surface area contributed by atoms with Crippen molar-refractivity contribution in [3.63, 3.8) is 0 Å². The molecule has 1 unspecified atom stereocenters. The van der Waals surface area contributed by atoms with E-state index in [1.165, 1.54) is 0 Å². The van der Waals surface area contributed by atoms with Gasteiger partial charge in [0.05, 0.1) is 16.3 Å². The first-order chi connectivity index (χ1) is 8.77. The zero-order valence-corrected chi connectivity index (χ0v) is 13.3. The molecule has 1 aromatic carbocycles. The van der Waals surface area contributed by atoms with E-state index >= 15 is 0 Å². The first-order valence-corrected chi connectivity index (χ1v) is 7.16. The van der Waals surface area contributed by atoms with E-state index in [0.717, 1.165) is 11.3 Å². The minimum absolute atomic E-state index is 0.0534. The second kappa shape index (κ2) is 6.21. The van der Waals surface area contributed by atoms with Crippen molar-refractivity contribution >= 4 is 27.5 Å². The summed E-state index contributed by atoms with van der Waals surface area (Å²) < 4.78 is 0. The maximum atomic E-state index is 11.9. The highest BCUT2D eigenvalue weighted by Crippen LogP contribution is 2.24. The zero-order chi connectivity index (χ0) is 14.6. The van der Waals surface area contributed by atoms with Gasteiger partial charge in [0.2, 0.25) is 5.91 Å². The van der Waals surface area contributed by atoms with Crippen molar-refractivity contribution in [3.05, 3.63) is 29.8 Å². The molecule has 1 aromatic rings. The van der Waals surface area contributed by atoms with Gasteiger partial charge in [0.15, 0.2) is 0 Å². The molecule has 0 aromatic heterocycles. The van der Waals surface area contributed by atoms with Gasteiger partial charge in [-0.05, 0) is 37.5 Å². The predicted molar refractivity (Wildman–Crippen MR) is 81.3 cm³/mol. The summed E-state index contributed by atoms with van der Waals surface area (Å²) in [6, 6.07) is 9.65. The third-order valence-corrected chi connectivity index (χ3v) is 4.46. The van der Waals surface area contributed by atoms with Crippen molar-refractivity contribution in [1.29, 1.82) is 5.26 Å². The molecule has 3 nitrogen and oxygen atoms in total. The number of nitrogens with one attached hydrogen (secondary N) is 1. The summed E-state index contributed by atoms with van der Waals surface area (Å²) >= 11 is 3.37. The summed E-state index contributed by atoms with van der Waals surface area (Å²) in [5.41, 5.74) is 1.16. The Labute approximate surface area is 123 Å². The quantitative estimate of drug-likeness (QED) is 0.856. The van der Waals surface area contributed by atoms with Crippen molar-refractivity contribution in [1.82, 2.24) is 0 Å². The number of amides is 1. The number of carbonyl (C=O) groups excluding carboxylic acids is 1. The van der Waals surface area contributed by atoms with E-state index in [1.54, 1.807) is 0 Å². The monoisotopic (exact) mass is 322 g/mol. The zero-order valence-electron chi connectivity index (χ0n) is 11.7. The molecule has 19 heavy (non-hydrogen) atoms.